The molecule has 28 heavy (non-hydrogen) atoms. The molecule has 0 radical (unpaired) electrons. The number of amides is 1. The minimum absolute atomic E-state index is 0.0417. The van der Waals surface area contributed by atoms with Crippen molar-refractivity contribution < 1.29 is 26.0 Å². The molecule has 2 N–H and O–H groups in total. The molecule has 0 aliphatic rings. The third kappa shape index (κ3) is 3.94. The van der Waals surface area contributed by atoms with E-state index in [1.54, 1.807) is 12.3 Å². The Balaban J connectivity index is 1.92. The quantitative estimate of drug-likeness (QED) is 0.610. The number of sulfonamides is 2. The lowest BCUT2D eigenvalue weighted by atomic mass is 10.2. The Hall–Kier alpha value is -3.06. The van der Waals surface area contributed by atoms with Crippen molar-refractivity contribution in [3.63, 3.8) is 0 Å². The van der Waals surface area contributed by atoms with Gasteiger partial charge in [0.25, 0.3) is 15.9 Å². The number of anilines is 1. The van der Waals surface area contributed by atoms with Crippen LogP contribution in [-0.4, -0.2) is 43.6 Å². The second kappa shape index (κ2) is 6.83. The first kappa shape index (κ1) is 19.7. The van der Waals surface area contributed by atoms with Crippen molar-refractivity contribution in [3.8, 4) is 0 Å². The summed E-state index contributed by atoms with van der Waals surface area (Å²) in [7, 11) is -8.18. The maximum absolute atomic E-state index is 14.1. The number of halogens is 1. The van der Waals surface area contributed by atoms with E-state index in [1.165, 1.54) is 17.6 Å². The first-order valence-corrected chi connectivity index (χ1v) is 11.0. The smallest absolute Gasteiger partial charge is 0.270 e. The van der Waals surface area contributed by atoms with Gasteiger partial charge in [0.2, 0.25) is 10.0 Å². The molecule has 0 saturated heterocycles. The van der Waals surface area contributed by atoms with Gasteiger partial charge in [0, 0.05) is 12.4 Å². The number of nitrogens with zero attached hydrogens (tertiary/aromatic N) is 3. The van der Waals surface area contributed by atoms with E-state index in [4.69, 9.17) is 0 Å². The molecule has 1 amide bonds. The van der Waals surface area contributed by atoms with Crippen LogP contribution < -0.4 is 9.44 Å². The van der Waals surface area contributed by atoms with Crippen molar-refractivity contribution in [3.05, 3.63) is 53.7 Å². The number of hydrogen-bond donors (Lipinski definition) is 2. The summed E-state index contributed by atoms with van der Waals surface area (Å²) in [6.07, 6.45) is 3.79. The standard InChI is InChI=1S/C15H14FN5O5S2/c1-9-13(14-17-6-3-7-21(14)18-9)15(22)20-28(25,26)10-4-5-12(11(16)8-10)19-27(2,23)24/h3-8,19H,1-2H3,(H,20,22). The van der Waals surface area contributed by atoms with E-state index in [2.05, 4.69) is 10.1 Å². The number of rotatable bonds is 5. The highest BCUT2D eigenvalue weighted by Gasteiger charge is 2.25. The summed E-state index contributed by atoms with van der Waals surface area (Å²) in [5, 5.41) is 4.07. The van der Waals surface area contributed by atoms with Crippen LogP contribution in [0, 0.1) is 12.7 Å². The number of aryl methyl sites for hydroxylation is 1. The topological polar surface area (TPSA) is 140 Å². The highest BCUT2D eigenvalue weighted by Crippen LogP contribution is 2.20. The van der Waals surface area contributed by atoms with Crippen LogP contribution in [0.15, 0.2) is 41.6 Å². The molecule has 1 aromatic carbocycles. The van der Waals surface area contributed by atoms with Crippen molar-refractivity contribution in [1.29, 1.82) is 0 Å². The van der Waals surface area contributed by atoms with Crippen molar-refractivity contribution in [2.45, 2.75) is 11.8 Å². The fraction of sp³-hybridized carbons (Fsp3) is 0.133. The summed E-state index contributed by atoms with van der Waals surface area (Å²) >= 11 is 0. The zero-order chi connectivity index (χ0) is 20.7. The van der Waals surface area contributed by atoms with Crippen LogP contribution in [0.2, 0.25) is 0 Å². The first-order chi connectivity index (χ1) is 13.0. The zero-order valence-corrected chi connectivity index (χ0v) is 16.2. The number of benzene rings is 1. The van der Waals surface area contributed by atoms with Gasteiger partial charge >= 0.3 is 0 Å². The molecule has 0 fully saturated rings. The summed E-state index contributed by atoms with van der Waals surface area (Å²) in [4.78, 5) is 15.9. The van der Waals surface area contributed by atoms with Crippen LogP contribution >= 0.6 is 0 Å². The number of carbonyl (C=O) groups excluding carboxylic acids is 1. The fourth-order valence-corrected chi connectivity index (χ4v) is 3.97. The lowest BCUT2D eigenvalue weighted by Crippen LogP contribution is -2.31. The summed E-state index contributed by atoms with van der Waals surface area (Å²) < 4.78 is 66.4. The summed E-state index contributed by atoms with van der Waals surface area (Å²) in [6, 6.07) is 4.10. The van der Waals surface area contributed by atoms with Crippen molar-refractivity contribution in [2.75, 3.05) is 11.0 Å². The Labute approximate surface area is 159 Å². The molecule has 0 atom stereocenters. The molecule has 0 aliphatic carbocycles. The third-order valence-corrected chi connectivity index (χ3v) is 5.49. The fourth-order valence-electron chi connectivity index (χ4n) is 2.44. The van der Waals surface area contributed by atoms with Crippen molar-refractivity contribution in [1.82, 2.24) is 19.3 Å². The minimum Gasteiger partial charge on any atom is -0.281 e. The van der Waals surface area contributed by atoms with Crippen LogP contribution in [0.1, 0.15) is 16.1 Å². The monoisotopic (exact) mass is 427 g/mol. The van der Waals surface area contributed by atoms with E-state index in [0.717, 1.165) is 18.4 Å². The van der Waals surface area contributed by atoms with E-state index in [1.807, 2.05) is 9.44 Å². The average molecular weight is 427 g/mol. The van der Waals surface area contributed by atoms with E-state index in [-0.39, 0.29) is 16.9 Å². The maximum Gasteiger partial charge on any atom is 0.270 e. The Bertz CT molecular complexity index is 1300. The maximum atomic E-state index is 14.1. The van der Waals surface area contributed by atoms with E-state index in [0.29, 0.717) is 6.07 Å². The van der Waals surface area contributed by atoms with Gasteiger partial charge in [0.15, 0.2) is 5.65 Å². The summed E-state index contributed by atoms with van der Waals surface area (Å²) in [6.45, 7) is 1.52. The molecular weight excluding hydrogens is 413 g/mol. The van der Waals surface area contributed by atoms with Gasteiger partial charge in [-0.15, -0.1) is 0 Å². The Morgan fingerprint density at radius 3 is 2.57 bits per heavy atom. The highest BCUT2D eigenvalue weighted by atomic mass is 32.2. The molecule has 148 valence electrons. The van der Waals surface area contributed by atoms with Gasteiger partial charge in [0.05, 0.1) is 22.5 Å². The highest BCUT2D eigenvalue weighted by molar-refractivity contribution is 7.92. The minimum atomic E-state index is -4.44. The van der Waals surface area contributed by atoms with Gasteiger partial charge in [-0.05, 0) is 31.2 Å². The second-order valence-electron chi connectivity index (χ2n) is 5.80. The number of nitrogens with one attached hydrogen (secondary N) is 2. The van der Waals surface area contributed by atoms with Gasteiger partial charge < -0.3 is 0 Å². The molecule has 3 rings (SSSR count). The van der Waals surface area contributed by atoms with E-state index < -0.39 is 42.4 Å². The molecule has 0 spiro atoms. The zero-order valence-electron chi connectivity index (χ0n) is 14.5. The van der Waals surface area contributed by atoms with Gasteiger partial charge in [-0.3, -0.25) is 9.52 Å². The van der Waals surface area contributed by atoms with Crippen LogP contribution in [0.25, 0.3) is 5.65 Å². The Morgan fingerprint density at radius 1 is 1.21 bits per heavy atom. The second-order valence-corrected chi connectivity index (χ2v) is 9.23. The molecule has 13 heteroatoms. The summed E-state index contributed by atoms with van der Waals surface area (Å²) in [5.74, 6) is -2.10. The predicted octanol–water partition coefficient (Wildman–Crippen LogP) is 0.667. The Morgan fingerprint density at radius 2 is 1.93 bits per heavy atom. The molecule has 0 bridgehead atoms. The van der Waals surface area contributed by atoms with Gasteiger partial charge in [-0.1, -0.05) is 0 Å². The van der Waals surface area contributed by atoms with Crippen LogP contribution in [0.4, 0.5) is 10.1 Å². The van der Waals surface area contributed by atoms with Crippen LogP contribution in [-0.2, 0) is 20.0 Å². The predicted molar refractivity (Wildman–Crippen MR) is 97.2 cm³/mol. The molecule has 2 aromatic heterocycles. The molecule has 10 nitrogen and oxygen atoms in total. The normalized spacial score (nSPS) is 12.1. The van der Waals surface area contributed by atoms with Gasteiger partial charge in [-0.2, -0.15) is 5.10 Å². The molecule has 0 unspecified atom stereocenters. The molecule has 0 saturated carbocycles. The molecule has 0 aliphatic heterocycles. The van der Waals surface area contributed by atoms with Gasteiger partial charge in [-0.25, -0.2) is 35.4 Å². The number of aromatic nitrogens is 3. The van der Waals surface area contributed by atoms with Gasteiger partial charge in [0.1, 0.15) is 11.4 Å². The van der Waals surface area contributed by atoms with Crippen molar-refractivity contribution in [2.24, 2.45) is 0 Å². The Kier molecular flexibility index (Phi) is 4.81. The number of hydrogen-bond acceptors (Lipinski definition) is 7. The van der Waals surface area contributed by atoms with Crippen molar-refractivity contribution >= 4 is 37.3 Å². The largest absolute Gasteiger partial charge is 0.281 e. The van der Waals surface area contributed by atoms with Crippen LogP contribution in [0.5, 0.6) is 0 Å². The van der Waals surface area contributed by atoms with Crippen LogP contribution in [0.3, 0.4) is 0 Å². The lowest BCUT2D eigenvalue weighted by Gasteiger charge is -2.09. The first-order valence-electron chi connectivity index (χ1n) is 7.62. The third-order valence-electron chi connectivity index (χ3n) is 3.57. The SMILES string of the molecule is Cc1nn2cccnc2c1C(=O)NS(=O)(=O)c1ccc(NS(C)(=O)=O)c(F)c1. The lowest BCUT2D eigenvalue weighted by molar-refractivity contribution is 0.0982. The molecular formula is C15H14FN5O5S2. The average Bonchev–Trinajstić information content (AvgIpc) is 2.90. The van der Waals surface area contributed by atoms with E-state index >= 15 is 0 Å². The molecule has 2 heterocycles. The number of carbonyl (C=O) groups is 1. The summed E-state index contributed by atoms with van der Waals surface area (Å²) in [5.41, 5.74) is -0.0488. The van der Waals surface area contributed by atoms with E-state index in [9.17, 15) is 26.0 Å². The molecule has 3 aromatic rings. The number of fused-ring (bicyclic) bond motifs is 1.